The van der Waals surface area contributed by atoms with Crippen LogP contribution in [0.25, 0.3) is 0 Å². The van der Waals surface area contributed by atoms with Crippen molar-refractivity contribution in [2.45, 2.75) is 76.0 Å². The quantitative estimate of drug-likeness (QED) is 0.397. The lowest BCUT2D eigenvalue weighted by atomic mass is 9.48. The average molecular weight is 535 g/mol. The molecule has 10 atom stereocenters. The third-order valence-corrected chi connectivity index (χ3v) is 8.93. The maximum atomic E-state index is 13.4. The predicted octanol–water partition coefficient (Wildman–Crippen LogP) is 0.915. The summed E-state index contributed by atoms with van der Waals surface area (Å²) in [5.41, 5.74) is -0.239. The van der Waals surface area contributed by atoms with E-state index in [1.807, 2.05) is 19.9 Å². The third kappa shape index (κ3) is 4.04. The van der Waals surface area contributed by atoms with Crippen LogP contribution in [0.4, 0.5) is 0 Å². The van der Waals surface area contributed by atoms with Crippen LogP contribution in [-0.4, -0.2) is 82.9 Å². The number of hydrogen-bond donors (Lipinski definition) is 4. The fourth-order valence-corrected chi connectivity index (χ4v) is 6.87. The number of cyclic esters (lactones) is 1. The number of hydrogen-bond acceptors (Lipinski definition) is 11. The van der Waals surface area contributed by atoms with Gasteiger partial charge in [0.25, 0.3) is 0 Å². The van der Waals surface area contributed by atoms with E-state index < -0.39 is 72.3 Å². The number of allylic oxidation sites excluding steroid dienone is 1. The van der Waals surface area contributed by atoms with E-state index >= 15 is 0 Å². The molecule has 0 bridgehead atoms. The summed E-state index contributed by atoms with van der Waals surface area (Å²) >= 11 is 0. The average Bonchev–Trinajstić information content (AvgIpc) is 3.44. The highest BCUT2D eigenvalue weighted by molar-refractivity contribution is 5.94. The van der Waals surface area contributed by atoms with E-state index in [0.717, 1.165) is 5.56 Å². The molecule has 0 radical (unpaired) electrons. The van der Waals surface area contributed by atoms with Gasteiger partial charge in [-0.05, 0) is 37.3 Å². The number of methoxy groups -OCH3 is 1. The van der Waals surface area contributed by atoms with Crippen LogP contribution in [0.15, 0.2) is 46.3 Å². The van der Waals surface area contributed by atoms with E-state index in [1.165, 1.54) is 13.4 Å². The Labute approximate surface area is 219 Å². The summed E-state index contributed by atoms with van der Waals surface area (Å²) in [4.78, 5) is 26.5. The molecule has 4 N–H and O–H groups in total. The van der Waals surface area contributed by atoms with E-state index in [1.54, 1.807) is 18.4 Å². The lowest BCUT2D eigenvalue weighted by Crippen LogP contribution is -2.62. The molecule has 2 aliphatic carbocycles. The second-order valence-corrected chi connectivity index (χ2v) is 10.9. The summed E-state index contributed by atoms with van der Waals surface area (Å²) in [5, 5.41) is 40.8. The van der Waals surface area contributed by atoms with Crippen molar-refractivity contribution < 1.29 is 53.4 Å². The van der Waals surface area contributed by atoms with Gasteiger partial charge in [0.05, 0.1) is 32.3 Å². The monoisotopic (exact) mass is 534 g/mol. The van der Waals surface area contributed by atoms with Crippen LogP contribution in [0.3, 0.4) is 0 Å². The molecule has 2 fully saturated rings. The molecule has 0 aromatic carbocycles. The van der Waals surface area contributed by atoms with E-state index in [4.69, 9.17) is 23.4 Å². The van der Waals surface area contributed by atoms with Gasteiger partial charge in [0, 0.05) is 27.5 Å². The maximum absolute atomic E-state index is 13.4. The van der Waals surface area contributed by atoms with Crippen molar-refractivity contribution >= 4 is 11.9 Å². The molecule has 4 aliphatic rings. The molecular weight excluding hydrogens is 500 g/mol. The highest BCUT2D eigenvalue weighted by Crippen LogP contribution is 2.63. The van der Waals surface area contributed by atoms with Crippen molar-refractivity contribution in [3.8, 4) is 0 Å². The number of carbonyl (C=O) groups excluding carboxylic acids is 2. The molecule has 5 rings (SSSR count). The first-order chi connectivity index (χ1) is 18.1. The summed E-state index contributed by atoms with van der Waals surface area (Å²) in [6.45, 7) is 3.22. The molecule has 3 heterocycles. The van der Waals surface area contributed by atoms with Crippen LogP contribution in [0.1, 0.15) is 44.8 Å². The zero-order valence-corrected chi connectivity index (χ0v) is 21.5. The zero-order chi connectivity index (χ0) is 27.4. The largest absolute Gasteiger partial charge is 0.472 e. The molecule has 2 aliphatic heterocycles. The highest BCUT2D eigenvalue weighted by Gasteiger charge is 2.63. The van der Waals surface area contributed by atoms with Crippen molar-refractivity contribution in [3.05, 3.63) is 47.5 Å². The van der Waals surface area contributed by atoms with Gasteiger partial charge in [0.1, 0.15) is 30.5 Å². The Kier molecular flexibility index (Phi) is 7.04. The van der Waals surface area contributed by atoms with Gasteiger partial charge < -0.3 is 43.8 Å². The number of ether oxygens (including phenoxy) is 4. The number of furan rings is 1. The SMILES string of the molecule is COC(=O)C1=CCC[C@@H]2[C@]1(C)[C@@H](O[C@@H]1O[C@H](CO)[C@@H](O)[C@H](O)[C@H]1O)C=C1C(=O)O[C@H](c3ccoc3)C[C@]12C. The van der Waals surface area contributed by atoms with Crippen LogP contribution in [0.2, 0.25) is 0 Å². The minimum Gasteiger partial charge on any atom is -0.472 e. The standard InChI is InChI=1S/C27H34O11/c1-26-10-16(13-7-8-35-12-13)36-24(33)15(26)9-19(27(2)14(23(32)34-3)5-4-6-18(26)27)38-25-22(31)21(30)20(29)17(11-28)37-25/h5,7-9,12,16-22,25,28-31H,4,6,10-11H2,1-3H3/t16-,17+,18-,19-,20+,21-,22+,25-,26+,27+/m0/s1. The van der Waals surface area contributed by atoms with Crippen molar-refractivity contribution in [1.29, 1.82) is 0 Å². The third-order valence-electron chi connectivity index (χ3n) is 8.93. The molecule has 0 amide bonds. The minimum absolute atomic E-state index is 0.286. The predicted molar refractivity (Wildman–Crippen MR) is 128 cm³/mol. The molecule has 38 heavy (non-hydrogen) atoms. The normalized spacial score (nSPS) is 42.8. The Morgan fingerprint density at radius 2 is 1.95 bits per heavy atom. The van der Waals surface area contributed by atoms with E-state index in [0.29, 0.717) is 30.4 Å². The van der Waals surface area contributed by atoms with Crippen LogP contribution < -0.4 is 0 Å². The zero-order valence-electron chi connectivity index (χ0n) is 21.5. The van der Waals surface area contributed by atoms with Crippen LogP contribution >= 0.6 is 0 Å². The molecule has 0 unspecified atom stereocenters. The van der Waals surface area contributed by atoms with Gasteiger partial charge in [-0.3, -0.25) is 0 Å². The first-order valence-corrected chi connectivity index (χ1v) is 12.8. The Hall–Kier alpha value is -2.54. The fraction of sp³-hybridized carbons (Fsp3) is 0.630. The number of rotatable bonds is 5. The lowest BCUT2D eigenvalue weighted by molar-refractivity contribution is -0.317. The molecular formula is C27H34O11. The number of carbonyl (C=O) groups is 2. The van der Waals surface area contributed by atoms with Crippen LogP contribution in [0.5, 0.6) is 0 Å². The number of fused-ring (bicyclic) bond motifs is 3. The Bertz CT molecular complexity index is 1120. The Morgan fingerprint density at radius 3 is 2.61 bits per heavy atom. The summed E-state index contributed by atoms with van der Waals surface area (Å²) in [6, 6.07) is 1.75. The number of esters is 2. The minimum atomic E-state index is -1.65. The fourth-order valence-electron chi connectivity index (χ4n) is 6.87. The maximum Gasteiger partial charge on any atom is 0.334 e. The van der Waals surface area contributed by atoms with Crippen LogP contribution in [-0.2, 0) is 28.5 Å². The van der Waals surface area contributed by atoms with Gasteiger partial charge in [-0.25, -0.2) is 9.59 Å². The van der Waals surface area contributed by atoms with E-state index in [9.17, 15) is 30.0 Å². The second-order valence-electron chi connectivity index (χ2n) is 10.9. The van der Waals surface area contributed by atoms with E-state index in [2.05, 4.69) is 0 Å². The van der Waals surface area contributed by atoms with Crippen molar-refractivity contribution in [3.63, 3.8) is 0 Å². The lowest BCUT2D eigenvalue weighted by Gasteiger charge is -2.58. The summed E-state index contributed by atoms with van der Waals surface area (Å²) in [6.07, 6.45) is -0.890. The number of aliphatic hydroxyl groups excluding tert-OH is 4. The smallest absolute Gasteiger partial charge is 0.334 e. The van der Waals surface area contributed by atoms with E-state index in [-0.39, 0.29) is 5.92 Å². The van der Waals surface area contributed by atoms with Gasteiger partial charge in [-0.15, -0.1) is 0 Å². The van der Waals surface area contributed by atoms with Gasteiger partial charge in [-0.1, -0.05) is 19.9 Å². The molecule has 1 aromatic heterocycles. The molecule has 0 saturated carbocycles. The van der Waals surface area contributed by atoms with Gasteiger partial charge in [-0.2, -0.15) is 0 Å². The Balaban J connectivity index is 1.59. The van der Waals surface area contributed by atoms with Gasteiger partial charge in [0.2, 0.25) is 0 Å². The van der Waals surface area contributed by atoms with Crippen molar-refractivity contribution in [2.75, 3.05) is 13.7 Å². The molecule has 11 nitrogen and oxygen atoms in total. The van der Waals surface area contributed by atoms with Gasteiger partial charge in [0.15, 0.2) is 6.29 Å². The summed E-state index contributed by atoms with van der Waals surface area (Å²) in [7, 11) is 1.29. The summed E-state index contributed by atoms with van der Waals surface area (Å²) in [5.74, 6) is -1.35. The molecule has 11 heteroatoms. The molecule has 0 spiro atoms. The van der Waals surface area contributed by atoms with Crippen molar-refractivity contribution in [1.82, 2.24) is 0 Å². The summed E-state index contributed by atoms with van der Waals surface area (Å²) < 4.78 is 28.0. The first-order valence-electron chi connectivity index (χ1n) is 12.8. The molecule has 1 aromatic rings. The van der Waals surface area contributed by atoms with Gasteiger partial charge >= 0.3 is 11.9 Å². The number of aliphatic hydroxyl groups is 4. The highest BCUT2D eigenvalue weighted by atomic mass is 16.7. The first kappa shape index (κ1) is 27.0. The van der Waals surface area contributed by atoms with Crippen molar-refractivity contribution in [2.24, 2.45) is 16.7 Å². The molecule has 2 saturated heterocycles. The van der Waals surface area contributed by atoms with Crippen LogP contribution in [0, 0.1) is 16.7 Å². The Morgan fingerprint density at radius 1 is 1.18 bits per heavy atom. The second kappa shape index (κ2) is 9.89. The topological polar surface area (TPSA) is 165 Å². The molecule has 208 valence electrons.